The van der Waals surface area contributed by atoms with Gasteiger partial charge in [-0.1, -0.05) is 30.3 Å². The third kappa shape index (κ3) is 5.44. The summed E-state index contributed by atoms with van der Waals surface area (Å²) < 4.78 is 32.3. The molecule has 0 saturated carbocycles. The van der Waals surface area contributed by atoms with E-state index in [-0.39, 0.29) is 6.61 Å². The average Bonchev–Trinajstić information content (AvgIpc) is 3.02. The molecule has 1 aromatic heterocycles. The number of para-hydroxylation sites is 1. The maximum atomic E-state index is 11.1. The average molecular weight is 410 g/mol. The van der Waals surface area contributed by atoms with Crippen LogP contribution in [0.5, 0.6) is 5.75 Å². The Morgan fingerprint density at radius 3 is 2.45 bits per heavy atom. The lowest BCUT2D eigenvalue weighted by Gasteiger charge is -2.10. The molecule has 8 heteroatoms. The lowest BCUT2D eigenvalue weighted by molar-refractivity contribution is 0.297. The van der Waals surface area contributed by atoms with Gasteiger partial charge in [0.1, 0.15) is 24.0 Å². The van der Waals surface area contributed by atoms with E-state index in [9.17, 15) is 13.7 Å². The van der Waals surface area contributed by atoms with Crippen molar-refractivity contribution in [3.63, 3.8) is 0 Å². The quantitative estimate of drug-likeness (QED) is 0.616. The molecule has 0 aliphatic carbocycles. The molecule has 3 aromatic rings. The van der Waals surface area contributed by atoms with Crippen molar-refractivity contribution < 1.29 is 13.2 Å². The number of sulfonamides is 1. The van der Waals surface area contributed by atoms with Crippen molar-refractivity contribution in [1.29, 1.82) is 5.26 Å². The Morgan fingerprint density at radius 2 is 1.83 bits per heavy atom. The van der Waals surface area contributed by atoms with Crippen LogP contribution in [0.4, 0.5) is 0 Å². The van der Waals surface area contributed by atoms with Gasteiger partial charge in [-0.05, 0) is 43.2 Å². The van der Waals surface area contributed by atoms with E-state index in [0.29, 0.717) is 35.7 Å². The standard InChI is InChI=1S/C21H22N4O3S/c1-16-20(14-22)21(25(24-16)18-6-4-3-5-7-18)15-28-19-10-8-17(9-11-19)12-13-23-29(2,26)27/h3-11,23H,12-13,15H2,1-2H3. The van der Waals surface area contributed by atoms with Gasteiger partial charge < -0.3 is 4.74 Å². The van der Waals surface area contributed by atoms with Gasteiger partial charge >= 0.3 is 0 Å². The number of aromatic nitrogens is 2. The zero-order valence-corrected chi connectivity index (χ0v) is 17.1. The van der Waals surface area contributed by atoms with E-state index in [1.54, 1.807) is 11.6 Å². The second-order valence-corrected chi connectivity index (χ2v) is 8.45. The molecule has 1 N–H and O–H groups in total. The summed E-state index contributed by atoms with van der Waals surface area (Å²) in [5.41, 5.74) is 3.72. The van der Waals surface area contributed by atoms with E-state index in [2.05, 4.69) is 15.9 Å². The summed E-state index contributed by atoms with van der Waals surface area (Å²) in [6, 6.07) is 19.3. The Balaban J connectivity index is 1.71. The lowest BCUT2D eigenvalue weighted by atomic mass is 10.1. The predicted octanol–water partition coefficient (Wildman–Crippen LogP) is 2.72. The predicted molar refractivity (Wildman–Crippen MR) is 110 cm³/mol. The van der Waals surface area contributed by atoms with Crippen LogP contribution < -0.4 is 9.46 Å². The molecular formula is C21H22N4O3S. The maximum Gasteiger partial charge on any atom is 0.208 e. The SMILES string of the molecule is Cc1nn(-c2ccccc2)c(COc2ccc(CCNS(C)(=O)=O)cc2)c1C#N. The highest BCUT2D eigenvalue weighted by atomic mass is 32.2. The number of hydrogen-bond acceptors (Lipinski definition) is 5. The molecule has 0 bridgehead atoms. The topological polar surface area (TPSA) is 97.0 Å². The number of hydrogen-bond donors (Lipinski definition) is 1. The monoisotopic (exact) mass is 410 g/mol. The number of rotatable bonds is 8. The van der Waals surface area contributed by atoms with E-state index in [4.69, 9.17) is 4.74 Å². The van der Waals surface area contributed by atoms with Gasteiger partial charge in [0.05, 0.1) is 23.3 Å². The molecule has 0 spiro atoms. The molecule has 0 aliphatic heterocycles. The number of ether oxygens (including phenoxy) is 1. The number of nitrogens with one attached hydrogen (secondary N) is 1. The van der Waals surface area contributed by atoms with Gasteiger partial charge in [0, 0.05) is 6.54 Å². The molecule has 29 heavy (non-hydrogen) atoms. The van der Waals surface area contributed by atoms with Crippen molar-refractivity contribution in [3.05, 3.63) is 77.1 Å². The smallest absolute Gasteiger partial charge is 0.208 e. The summed E-state index contributed by atoms with van der Waals surface area (Å²) in [6.45, 7) is 2.36. The van der Waals surface area contributed by atoms with E-state index in [0.717, 1.165) is 17.5 Å². The highest BCUT2D eigenvalue weighted by Crippen LogP contribution is 2.21. The van der Waals surface area contributed by atoms with Crippen LogP contribution in [0.3, 0.4) is 0 Å². The second-order valence-electron chi connectivity index (χ2n) is 6.62. The normalized spacial score (nSPS) is 11.2. The Hall–Kier alpha value is -3.15. The number of aryl methyl sites for hydroxylation is 1. The largest absolute Gasteiger partial charge is 0.487 e. The minimum atomic E-state index is -3.18. The number of nitriles is 1. The van der Waals surface area contributed by atoms with Gasteiger partial charge in [-0.3, -0.25) is 0 Å². The molecule has 1 heterocycles. The van der Waals surface area contributed by atoms with Crippen molar-refractivity contribution >= 4 is 10.0 Å². The zero-order chi connectivity index (χ0) is 20.9. The van der Waals surface area contributed by atoms with Gasteiger partial charge in [0.2, 0.25) is 10.0 Å². The summed E-state index contributed by atoms with van der Waals surface area (Å²) in [5, 5.41) is 14.0. The van der Waals surface area contributed by atoms with Crippen molar-refractivity contribution in [3.8, 4) is 17.5 Å². The van der Waals surface area contributed by atoms with Crippen molar-refractivity contribution in [1.82, 2.24) is 14.5 Å². The van der Waals surface area contributed by atoms with Crippen LogP contribution in [0.15, 0.2) is 54.6 Å². The molecule has 150 valence electrons. The fourth-order valence-corrected chi connectivity index (χ4v) is 3.39. The fourth-order valence-electron chi connectivity index (χ4n) is 2.92. The summed E-state index contributed by atoms with van der Waals surface area (Å²) in [5.74, 6) is 0.659. The van der Waals surface area contributed by atoms with Gasteiger partial charge in [0.25, 0.3) is 0 Å². The molecule has 0 fully saturated rings. The first kappa shape index (κ1) is 20.6. The molecule has 7 nitrogen and oxygen atoms in total. The van der Waals surface area contributed by atoms with Crippen LogP contribution in [0.1, 0.15) is 22.5 Å². The fraction of sp³-hybridized carbons (Fsp3) is 0.238. The van der Waals surface area contributed by atoms with Crippen LogP contribution in [0.25, 0.3) is 5.69 Å². The van der Waals surface area contributed by atoms with E-state index < -0.39 is 10.0 Å². The first-order valence-corrected chi connectivity index (χ1v) is 11.0. The van der Waals surface area contributed by atoms with Crippen LogP contribution in [-0.4, -0.2) is 31.0 Å². The van der Waals surface area contributed by atoms with E-state index >= 15 is 0 Å². The summed E-state index contributed by atoms with van der Waals surface area (Å²) in [7, 11) is -3.18. The lowest BCUT2D eigenvalue weighted by Crippen LogP contribution is -2.24. The summed E-state index contributed by atoms with van der Waals surface area (Å²) in [6.07, 6.45) is 1.73. The van der Waals surface area contributed by atoms with Crippen LogP contribution in [0.2, 0.25) is 0 Å². The number of benzene rings is 2. The molecular weight excluding hydrogens is 388 g/mol. The maximum absolute atomic E-state index is 11.1. The molecule has 0 unspecified atom stereocenters. The van der Waals surface area contributed by atoms with Gasteiger partial charge in [-0.25, -0.2) is 17.8 Å². The van der Waals surface area contributed by atoms with Crippen LogP contribution >= 0.6 is 0 Å². The molecule has 0 aliphatic rings. The molecule has 0 amide bonds. The van der Waals surface area contributed by atoms with Crippen LogP contribution in [-0.2, 0) is 23.1 Å². The highest BCUT2D eigenvalue weighted by Gasteiger charge is 2.17. The molecule has 0 radical (unpaired) electrons. The van der Waals surface area contributed by atoms with Gasteiger partial charge in [-0.2, -0.15) is 10.4 Å². The summed E-state index contributed by atoms with van der Waals surface area (Å²) >= 11 is 0. The van der Waals surface area contributed by atoms with Gasteiger partial charge in [0.15, 0.2) is 0 Å². The zero-order valence-electron chi connectivity index (χ0n) is 16.3. The van der Waals surface area contributed by atoms with Crippen molar-refractivity contribution in [2.45, 2.75) is 20.0 Å². The van der Waals surface area contributed by atoms with Crippen LogP contribution in [0, 0.1) is 18.3 Å². The first-order valence-electron chi connectivity index (χ1n) is 9.08. The number of nitrogens with zero attached hydrogens (tertiary/aromatic N) is 3. The third-order valence-electron chi connectivity index (χ3n) is 4.35. The Bertz CT molecular complexity index is 1120. The second kappa shape index (κ2) is 8.90. The minimum absolute atomic E-state index is 0.202. The Labute approximate surface area is 170 Å². The molecule has 2 aromatic carbocycles. The van der Waals surface area contributed by atoms with Gasteiger partial charge in [-0.15, -0.1) is 0 Å². The molecule has 0 atom stereocenters. The Kier molecular flexibility index (Phi) is 6.32. The van der Waals surface area contributed by atoms with Crippen molar-refractivity contribution in [2.24, 2.45) is 0 Å². The van der Waals surface area contributed by atoms with Crippen molar-refractivity contribution in [2.75, 3.05) is 12.8 Å². The summed E-state index contributed by atoms with van der Waals surface area (Å²) in [4.78, 5) is 0. The third-order valence-corrected chi connectivity index (χ3v) is 5.07. The molecule has 3 rings (SSSR count). The van der Waals surface area contributed by atoms with E-state index in [1.165, 1.54) is 0 Å². The molecule has 0 saturated heterocycles. The highest BCUT2D eigenvalue weighted by molar-refractivity contribution is 7.88. The first-order chi connectivity index (χ1) is 13.9. The minimum Gasteiger partial charge on any atom is -0.487 e. The van der Waals surface area contributed by atoms with E-state index in [1.807, 2.05) is 54.6 Å². The Morgan fingerprint density at radius 1 is 1.14 bits per heavy atom.